The number of esters is 1. The molecule has 0 unspecified atom stereocenters. The second-order valence-electron chi connectivity index (χ2n) is 24.4. The summed E-state index contributed by atoms with van der Waals surface area (Å²) in [5.74, 6) is -1.22. The second-order valence-corrected chi connectivity index (χ2v) is 26.4. The van der Waals surface area contributed by atoms with Gasteiger partial charge in [0.2, 0.25) is 35.5 Å². The van der Waals surface area contributed by atoms with Crippen LogP contribution in [0.5, 0.6) is 0 Å². The molecule has 0 bridgehead atoms. The summed E-state index contributed by atoms with van der Waals surface area (Å²) in [5, 5.41) is 17.1. The van der Waals surface area contributed by atoms with Crippen LogP contribution >= 0.6 is 23.3 Å². The number of carbonyl (C=O) groups is 6. The van der Waals surface area contributed by atoms with Crippen LogP contribution in [0.25, 0.3) is 54.8 Å². The highest BCUT2D eigenvalue weighted by molar-refractivity contribution is 8.00. The molecule has 5 amide bonds. The molecule has 1 saturated carbocycles. The number of carbonyl (C=O) groups excluding carboxylic acids is 6. The number of likely N-dealkylation sites (N-methyl/N-ethyl adjacent to an activating group) is 1. The average molecular weight is 1290 g/mol. The number of rotatable bonds is 30. The van der Waals surface area contributed by atoms with Crippen LogP contribution in [-0.2, 0) is 47.1 Å². The summed E-state index contributed by atoms with van der Waals surface area (Å²) >= 11 is 2.98. The highest BCUT2D eigenvalue weighted by atomic mass is 32.2. The predicted molar refractivity (Wildman–Crippen MR) is 349 cm³/mol. The topological polar surface area (TPSA) is 258 Å². The number of amides is 5. The molecule has 2 saturated heterocycles. The number of hydrogen-bond acceptors (Lipinski definition) is 16. The Kier molecular flexibility index (Phi) is 22.0. The highest BCUT2D eigenvalue weighted by Gasteiger charge is 2.55. The van der Waals surface area contributed by atoms with Gasteiger partial charge in [-0.05, 0) is 86.9 Å². The number of nitrogens with two attached hydrogens (primary N) is 1. The smallest absolute Gasteiger partial charge is 0.325 e. The first kappa shape index (κ1) is 65.9. The zero-order chi connectivity index (χ0) is 64.2. The van der Waals surface area contributed by atoms with Crippen LogP contribution in [0.4, 0.5) is 20.4 Å². The number of ether oxygens (including phenoxy) is 1. The summed E-state index contributed by atoms with van der Waals surface area (Å²) in [5.41, 5.74) is 10.9. The Morgan fingerprint density at radius 2 is 1.53 bits per heavy atom. The summed E-state index contributed by atoms with van der Waals surface area (Å²) in [6.45, 7) is 4.31. The van der Waals surface area contributed by atoms with Crippen LogP contribution in [0, 0.1) is 17.0 Å². The molecule has 1 spiro atoms. The number of nitrogens with zero attached hydrogens (tertiary/aromatic N) is 10. The summed E-state index contributed by atoms with van der Waals surface area (Å²) < 4.78 is 43.1. The lowest BCUT2D eigenvalue weighted by Crippen LogP contribution is -2.63. The van der Waals surface area contributed by atoms with Gasteiger partial charge in [-0.1, -0.05) is 82.0 Å². The normalized spacial score (nSPS) is 14.8. The number of thiazole rings is 1. The molecule has 6 heterocycles. The molecule has 3 aromatic carbocycles. The second kappa shape index (κ2) is 30.4. The van der Waals surface area contributed by atoms with Crippen molar-refractivity contribution >= 4 is 92.2 Å². The van der Waals surface area contributed by atoms with E-state index >= 15 is 8.78 Å². The number of nitrogen functional groups attached to an aromatic ring is 1. The highest BCUT2D eigenvalue weighted by Crippen LogP contribution is 2.57. The third-order valence-corrected chi connectivity index (χ3v) is 20.0. The van der Waals surface area contributed by atoms with Gasteiger partial charge in [-0.15, -0.1) is 11.3 Å². The molecule has 2 aliphatic heterocycles. The minimum absolute atomic E-state index is 0.0321. The maximum absolute atomic E-state index is 16.0. The van der Waals surface area contributed by atoms with Crippen molar-refractivity contribution in [3.05, 3.63) is 89.3 Å². The summed E-state index contributed by atoms with van der Waals surface area (Å²) in [6, 6.07) is 15.8. The van der Waals surface area contributed by atoms with E-state index in [0.717, 1.165) is 122 Å². The van der Waals surface area contributed by atoms with Gasteiger partial charge >= 0.3 is 5.97 Å². The van der Waals surface area contributed by atoms with Crippen LogP contribution in [-0.4, -0.2) is 150 Å². The molecule has 4 aromatic heterocycles. The standard InChI is InChI=1S/C66H82F2N14O7S2/c1-5-31-90-77-49-19-15-18-46(60(49)68)62-63(50-24-28-71-65(69)74-50)91-64(75-62)42-25-29-80(30-26-42)55(85)21-13-11-9-7-6-8-10-12-14-27-70-53(83)22-23-56(86)81-40-66(41-81)34-44(35-66)61-59-45(47-33-52-43(32-48(47)67)36-73-79(52)3)17-16-20-51(59)82(76-61)39-57(87)78(2)38-54(84)72-37-58(88)89-4/h15-20,24,28,32-33,36,42,44,77H,5-14,21-23,25-27,29-31,34-35,37-41H2,1-4H3,(H,70,83)(H,72,84)(H2,69,71,74). The molecule has 91 heavy (non-hydrogen) atoms. The summed E-state index contributed by atoms with van der Waals surface area (Å²) in [6.07, 6.45) is 17.3. The van der Waals surface area contributed by atoms with Gasteiger partial charge in [-0.25, -0.2) is 23.7 Å². The van der Waals surface area contributed by atoms with Crippen molar-refractivity contribution < 1.29 is 42.3 Å². The van der Waals surface area contributed by atoms with E-state index in [1.807, 2.05) is 34.1 Å². The molecule has 10 rings (SSSR count). The fourth-order valence-electron chi connectivity index (χ4n) is 12.8. The predicted octanol–water partition coefficient (Wildman–Crippen LogP) is 10.2. The average Bonchev–Trinajstić information content (AvgIpc) is 1.70. The Morgan fingerprint density at radius 3 is 2.26 bits per heavy atom. The number of aryl methyl sites for hydroxylation is 1. The lowest BCUT2D eigenvalue weighted by atomic mass is 9.56. The van der Waals surface area contributed by atoms with Gasteiger partial charge < -0.3 is 40.5 Å². The number of halogens is 2. The van der Waals surface area contributed by atoms with Crippen LogP contribution in [0.15, 0.2) is 67.0 Å². The SMILES string of the molecule is CCCSNc1cccc(-c2nc(C3CCN(C(=O)CCCCCCCCCCCNC(=O)CCC(=O)N4CC5(CC(c6nn(CC(=O)N(C)CC(=O)NCC(=O)OC)c7cccc(-c8cc9c(cnn9C)cc8F)c67)C5)C4)CC3)sc2-c2ccnc(N)n2)c1F. The Morgan fingerprint density at radius 1 is 0.813 bits per heavy atom. The van der Waals surface area contributed by atoms with Gasteiger partial charge in [0.05, 0.1) is 63.5 Å². The van der Waals surface area contributed by atoms with Gasteiger partial charge in [0.1, 0.15) is 18.9 Å². The van der Waals surface area contributed by atoms with Gasteiger partial charge in [-0.3, -0.25) is 38.1 Å². The van der Waals surface area contributed by atoms with E-state index in [4.69, 9.17) is 15.8 Å². The zero-order valence-electron chi connectivity index (χ0n) is 52.4. The number of unbranched alkanes of at least 4 members (excludes halogenated alkanes) is 8. The zero-order valence-corrected chi connectivity index (χ0v) is 54.0. The maximum Gasteiger partial charge on any atom is 0.325 e. The molecule has 0 radical (unpaired) electrons. The van der Waals surface area contributed by atoms with E-state index in [1.54, 1.807) is 53.1 Å². The van der Waals surface area contributed by atoms with Crippen LogP contribution < -0.4 is 21.1 Å². The number of benzene rings is 3. The molecule has 1 aliphatic carbocycles. The van der Waals surface area contributed by atoms with Crippen molar-refractivity contribution in [1.29, 1.82) is 0 Å². The molecular formula is C66H82F2N14O7S2. The molecule has 21 nitrogen and oxygen atoms in total. The van der Waals surface area contributed by atoms with Crippen molar-refractivity contribution in [3.8, 4) is 33.0 Å². The number of piperidine rings is 1. The van der Waals surface area contributed by atoms with Crippen LogP contribution in [0.1, 0.15) is 139 Å². The minimum atomic E-state index is -0.613. The summed E-state index contributed by atoms with van der Waals surface area (Å²) in [7, 11) is 4.51. The quantitative estimate of drug-likeness (QED) is 0.0185. The maximum atomic E-state index is 16.0. The lowest BCUT2D eigenvalue weighted by Gasteiger charge is -2.59. The molecule has 3 fully saturated rings. The molecule has 3 aliphatic rings. The number of fused-ring (bicyclic) bond motifs is 2. The Hall–Kier alpha value is -8.06. The number of hydrogen-bond donors (Lipinski definition) is 4. The van der Waals surface area contributed by atoms with Crippen LogP contribution in [0.3, 0.4) is 0 Å². The fourth-order valence-corrected chi connectivity index (χ4v) is 14.6. The van der Waals surface area contributed by atoms with Crippen molar-refractivity contribution in [2.45, 2.75) is 134 Å². The van der Waals surface area contributed by atoms with Crippen molar-refractivity contribution in [1.82, 2.24) is 59.8 Å². The molecule has 5 N–H and O–H groups in total. The first-order chi connectivity index (χ1) is 44.0. The van der Waals surface area contributed by atoms with E-state index < -0.39 is 23.6 Å². The first-order valence-corrected chi connectivity index (χ1v) is 33.6. The molecule has 484 valence electrons. The van der Waals surface area contributed by atoms with Gasteiger partial charge in [0.25, 0.3) is 0 Å². The van der Waals surface area contributed by atoms with Gasteiger partial charge in [0, 0.05) is 117 Å². The Balaban J connectivity index is 0.599. The number of methoxy groups -OCH3 is 1. The molecular weight excluding hydrogens is 1200 g/mol. The van der Waals surface area contributed by atoms with E-state index in [0.29, 0.717) is 83.8 Å². The first-order valence-electron chi connectivity index (χ1n) is 31.8. The van der Waals surface area contributed by atoms with Crippen LogP contribution in [0.2, 0.25) is 0 Å². The van der Waals surface area contributed by atoms with E-state index in [1.165, 1.54) is 48.4 Å². The largest absolute Gasteiger partial charge is 0.468 e. The summed E-state index contributed by atoms with van der Waals surface area (Å²) in [4.78, 5) is 96.4. The van der Waals surface area contributed by atoms with E-state index in [9.17, 15) is 28.8 Å². The van der Waals surface area contributed by atoms with Crippen molar-refractivity contribution in [2.75, 3.05) is 76.2 Å². The van der Waals surface area contributed by atoms with E-state index in [2.05, 4.69) is 42.1 Å². The molecule has 25 heteroatoms. The van der Waals surface area contributed by atoms with Crippen molar-refractivity contribution in [3.63, 3.8) is 0 Å². The van der Waals surface area contributed by atoms with Crippen molar-refractivity contribution in [2.24, 2.45) is 12.5 Å². The van der Waals surface area contributed by atoms with E-state index in [-0.39, 0.29) is 79.2 Å². The third-order valence-electron chi connectivity index (χ3n) is 17.8. The monoisotopic (exact) mass is 1280 g/mol. The number of anilines is 2. The Labute approximate surface area is 537 Å². The van der Waals surface area contributed by atoms with Gasteiger partial charge in [-0.2, -0.15) is 10.2 Å². The number of aromatic nitrogens is 7. The Bertz CT molecular complexity index is 3760. The minimum Gasteiger partial charge on any atom is -0.468 e. The fraction of sp³-hybridized carbons (Fsp3) is 0.500. The van der Waals surface area contributed by atoms with Gasteiger partial charge in [0.15, 0.2) is 5.82 Å². The number of nitrogens with one attached hydrogen (secondary N) is 3. The lowest BCUT2D eigenvalue weighted by molar-refractivity contribution is -0.152. The molecule has 7 aromatic rings. The third kappa shape index (κ3) is 16.0. The number of likely N-dealkylation sites (tertiary alicyclic amines) is 2. The molecule has 0 atom stereocenters.